The van der Waals surface area contributed by atoms with E-state index in [9.17, 15) is 9.59 Å². The molecule has 0 N–H and O–H groups in total. The van der Waals surface area contributed by atoms with Crippen LogP contribution < -0.4 is 4.74 Å². The SMILES string of the molecule is CC(=O)Oc1ccc(C(=O)/C=C/c2ccccc2)cc1. The van der Waals surface area contributed by atoms with Gasteiger partial charge in [0, 0.05) is 12.5 Å². The molecule has 0 saturated carbocycles. The highest BCUT2D eigenvalue weighted by atomic mass is 16.5. The zero-order valence-electron chi connectivity index (χ0n) is 11.1. The molecule has 20 heavy (non-hydrogen) atoms. The van der Waals surface area contributed by atoms with E-state index in [-0.39, 0.29) is 11.8 Å². The first-order valence-electron chi connectivity index (χ1n) is 6.21. The Bertz CT molecular complexity index is 625. The van der Waals surface area contributed by atoms with Gasteiger partial charge in [-0.05, 0) is 35.9 Å². The molecule has 0 fully saturated rings. The number of carbonyl (C=O) groups is 2. The molecule has 0 spiro atoms. The van der Waals surface area contributed by atoms with Crippen molar-refractivity contribution in [3.63, 3.8) is 0 Å². The Kier molecular flexibility index (Phi) is 4.45. The molecule has 2 aromatic carbocycles. The summed E-state index contributed by atoms with van der Waals surface area (Å²) in [7, 11) is 0. The molecule has 0 saturated heterocycles. The lowest BCUT2D eigenvalue weighted by atomic mass is 10.1. The average Bonchev–Trinajstić information content (AvgIpc) is 2.46. The van der Waals surface area contributed by atoms with Crippen molar-refractivity contribution in [3.05, 3.63) is 71.8 Å². The lowest BCUT2D eigenvalue weighted by molar-refractivity contribution is -0.131. The van der Waals surface area contributed by atoms with Gasteiger partial charge in [-0.3, -0.25) is 9.59 Å². The average molecular weight is 266 g/mol. The quantitative estimate of drug-likeness (QED) is 0.368. The van der Waals surface area contributed by atoms with Gasteiger partial charge in [0.2, 0.25) is 0 Å². The Balaban J connectivity index is 2.06. The van der Waals surface area contributed by atoms with Crippen LogP contribution in [0.2, 0.25) is 0 Å². The molecule has 0 bridgehead atoms. The summed E-state index contributed by atoms with van der Waals surface area (Å²) in [5, 5.41) is 0. The molecule has 2 aromatic rings. The first-order valence-corrected chi connectivity index (χ1v) is 6.21. The van der Waals surface area contributed by atoms with E-state index in [1.54, 1.807) is 30.3 Å². The van der Waals surface area contributed by atoms with Crippen LogP contribution in [0, 0.1) is 0 Å². The maximum Gasteiger partial charge on any atom is 0.308 e. The number of allylic oxidation sites excluding steroid dienone is 1. The van der Waals surface area contributed by atoms with Crippen molar-refractivity contribution in [1.82, 2.24) is 0 Å². The van der Waals surface area contributed by atoms with E-state index in [1.807, 2.05) is 30.3 Å². The second-order valence-electron chi connectivity index (χ2n) is 4.23. The highest BCUT2D eigenvalue weighted by Gasteiger charge is 2.03. The lowest BCUT2D eigenvalue weighted by Gasteiger charge is -2.01. The molecule has 3 nitrogen and oxygen atoms in total. The van der Waals surface area contributed by atoms with Crippen molar-refractivity contribution in [3.8, 4) is 5.75 Å². The van der Waals surface area contributed by atoms with Crippen molar-refractivity contribution in [2.75, 3.05) is 0 Å². The van der Waals surface area contributed by atoms with Crippen LogP contribution in [0.15, 0.2) is 60.7 Å². The summed E-state index contributed by atoms with van der Waals surface area (Å²) in [6.45, 7) is 1.33. The summed E-state index contributed by atoms with van der Waals surface area (Å²) in [5.74, 6) is -0.0441. The molecule has 0 atom stereocenters. The number of ether oxygens (including phenoxy) is 1. The van der Waals surface area contributed by atoms with Crippen molar-refractivity contribution in [1.29, 1.82) is 0 Å². The number of hydrogen-bond donors (Lipinski definition) is 0. The fourth-order valence-electron chi connectivity index (χ4n) is 1.69. The minimum atomic E-state index is -0.381. The molecule has 0 aliphatic heterocycles. The number of ketones is 1. The van der Waals surface area contributed by atoms with Crippen LogP contribution in [0.1, 0.15) is 22.8 Å². The van der Waals surface area contributed by atoms with Crippen molar-refractivity contribution in [2.45, 2.75) is 6.92 Å². The van der Waals surface area contributed by atoms with E-state index in [0.717, 1.165) is 5.56 Å². The Morgan fingerprint density at radius 3 is 2.20 bits per heavy atom. The summed E-state index contributed by atoms with van der Waals surface area (Å²) in [6.07, 6.45) is 3.29. The first-order chi connectivity index (χ1) is 9.65. The van der Waals surface area contributed by atoms with Crippen molar-refractivity contribution < 1.29 is 14.3 Å². The minimum absolute atomic E-state index is 0.0942. The third kappa shape index (κ3) is 3.92. The van der Waals surface area contributed by atoms with E-state index in [4.69, 9.17) is 4.74 Å². The molecule has 3 heteroatoms. The number of esters is 1. The smallest absolute Gasteiger partial charge is 0.308 e. The van der Waals surface area contributed by atoms with Gasteiger partial charge in [-0.2, -0.15) is 0 Å². The van der Waals surface area contributed by atoms with Gasteiger partial charge >= 0.3 is 5.97 Å². The normalized spacial score (nSPS) is 10.4. The Labute approximate surface area is 117 Å². The van der Waals surface area contributed by atoms with E-state index >= 15 is 0 Å². The topological polar surface area (TPSA) is 43.4 Å². The molecule has 0 radical (unpaired) electrons. The monoisotopic (exact) mass is 266 g/mol. The second-order valence-corrected chi connectivity index (χ2v) is 4.23. The first kappa shape index (κ1) is 13.7. The van der Waals surface area contributed by atoms with E-state index in [1.165, 1.54) is 13.0 Å². The van der Waals surface area contributed by atoms with Crippen LogP contribution in [0.4, 0.5) is 0 Å². The number of benzene rings is 2. The van der Waals surface area contributed by atoms with Gasteiger partial charge in [-0.1, -0.05) is 36.4 Å². The molecule has 0 amide bonds. The summed E-state index contributed by atoms with van der Waals surface area (Å²) in [4.78, 5) is 22.7. The Hall–Kier alpha value is -2.68. The molecular formula is C17H14O3. The third-order valence-electron chi connectivity index (χ3n) is 2.63. The molecule has 0 aliphatic carbocycles. The number of hydrogen-bond acceptors (Lipinski definition) is 3. The van der Waals surface area contributed by atoms with Crippen molar-refractivity contribution in [2.24, 2.45) is 0 Å². The summed E-state index contributed by atoms with van der Waals surface area (Å²) in [5.41, 5.74) is 1.52. The van der Waals surface area contributed by atoms with E-state index < -0.39 is 0 Å². The van der Waals surface area contributed by atoms with Crippen molar-refractivity contribution >= 4 is 17.8 Å². The van der Waals surface area contributed by atoms with Gasteiger partial charge in [0.1, 0.15) is 5.75 Å². The van der Waals surface area contributed by atoms with Gasteiger partial charge in [0.25, 0.3) is 0 Å². The molecular weight excluding hydrogens is 252 g/mol. The van der Waals surface area contributed by atoms with Gasteiger partial charge in [0.15, 0.2) is 5.78 Å². The zero-order chi connectivity index (χ0) is 14.4. The molecule has 2 rings (SSSR count). The van der Waals surface area contributed by atoms with Gasteiger partial charge in [-0.15, -0.1) is 0 Å². The molecule has 0 heterocycles. The number of rotatable bonds is 4. The van der Waals surface area contributed by atoms with Crippen LogP contribution in [-0.2, 0) is 4.79 Å². The van der Waals surface area contributed by atoms with Crippen LogP contribution in [0.3, 0.4) is 0 Å². The van der Waals surface area contributed by atoms with Crippen LogP contribution in [-0.4, -0.2) is 11.8 Å². The Morgan fingerprint density at radius 1 is 0.950 bits per heavy atom. The third-order valence-corrected chi connectivity index (χ3v) is 2.63. The summed E-state index contributed by atoms with van der Waals surface area (Å²) in [6, 6.07) is 16.1. The fourth-order valence-corrected chi connectivity index (χ4v) is 1.69. The fraction of sp³-hybridized carbons (Fsp3) is 0.0588. The minimum Gasteiger partial charge on any atom is -0.427 e. The molecule has 100 valence electrons. The Morgan fingerprint density at radius 2 is 1.60 bits per heavy atom. The van der Waals surface area contributed by atoms with E-state index in [0.29, 0.717) is 11.3 Å². The van der Waals surface area contributed by atoms with Crippen LogP contribution in [0.5, 0.6) is 5.75 Å². The summed E-state index contributed by atoms with van der Waals surface area (Å²) >= 11 is 0. The standard InChI is InChI=1S/C17H14O3/c1-13(18)20-16-10-8-15(9-11-16)17(19)12-7-14-5-3-2-4-6-14/h2-12H,1H3/b12-7+. The summed E-state index contributed by atoms with van der Waals surface area (Å²) < 4.78 is 4.91. The molecule has 0 aromatic heterocycles. The van der Waals surface area contributed by atoms with Gasteiger partial charge < -0.3 is 4.74 Å². The van der Waals surface area contributed by atoms with Gasteiger partial charge in [-0.25, -0.2) is 0 Å². The predicted octanol–water partition coefficient (Wildman–Crippen LogP) is 3.51. The van der Waals surface area contributed by atoms with Crippen LogP contribution in [0.25, 0.3) is 6.08 Å². The zero-order valence-corrected chi connectivity index (χ0v) is 11.1. The molecule has 0 unspecified atom stereocenters. The highest BCUT2D eigenvalue weighted by molar-refractivity contribution is 6.06. The maximum atomic E-state index is 12.0. The largest absolute Gasteiger partial charge is 0.427 e. The molecule has 0 aliphatic rings. The van der Waals surface area contributed by atoms with E-state index in [2.05, 4.69) is 0 Å². The second kappa shape index (κ2) is 6.48. The maximum absolute atomic E-state index is 12.0. The van der Waals surface area contributed by atoms with Crippen LogP contribution >= 0.6 is 0 Å². The highest BCUT2D eigenvalue weighted by Crippen LogP contribution is 2.13. The lowest BCUT2D eigenvalue weighted by Crippen LogP contribution is -2.01. The predicted molar refractivity (Wildman–Crippen MR) is 77.6 cm³/mol. The number of carbonyl (C=O) groups excluding carboxylic acids is 2. The van der Waals surface area contributed by atoms with Gasteiger partial charge in [0.05, 0.1) is 0 Å².